The first-order chi connectivity index (χ1) is 6.20. The van der Waals surface area contributed by atoms with Crippen molar-refractivity contribution in [3.63, 3.8) is 0 Å². The number of rotatable bonds is 5. The molecule has 0 aliphatic carbocycles. The average molecular weight is 189 g/mol. The molecule has 0 aliphatic heterocycles. The van der Waals surface area contributed by atoms with Crippen molar-refractivity contribution >= 4 is 5.96 Å². The quantitative estimate of drug-likeness (QED) is 0.168. The highest BCUT2D eigenvalue weighted by molar-refractivity contribution is 5.78. The van der Waals surface area contributed by atoms with Crippen molar-refractivity contribution in [1.82, 2.24) is 15.9 Å². The van der Waals surface area contributed by atoms with E-state index in [4.69, 9.17) is 10.6 Å². The second-order valence-corrected chi connectivity index (χ2v) is 2.73. The molecule has 6 nitrogen and oxygen atoms in total. The summed E-state index contributed by atoms with van der Waals surface area (Å²) in [4.78, 5) is 4.17. The molecule has 0 aromatic heterocycles. The van der Waals surface area contributed by atoms with Crippen molar-refractivity contribution in [3.05, 3.63) is 0 Å². The third kappa shape index (κ3) is 7.51. The second-order valence-electron chi connectivity index (χ2n) is 2.73. The fraction of sp³-hybridized carbons (Fsp3) is 0.857. The third-order valence-corrected chi connectivity index (χ3v) is 1.24. The van der Waals surface area contributed by atoms with E-state index < -0.39 is 0 Å². The van der Waals surface area contributed by atoms with Crippen molar-refractivity contribution in [2.75, 3.05) is 34.4 Å². The van der Waals surface area contributed by atoms with E-state index in [0.29, 0.717) is 19.1 Å². The van der Waals surface area contributed by atoms with E-state index in [-0.39, 0.29) is 0 Å². The van der Waals surface area contributed by atoms with Crippen LogP contribution in [0.3, 0.4) is 0 Å². The number of nitrogens with one attached hydrogen (secondary N) is 2. The van der Waals surface area contributed by atoms with Crippen molar-refractivity contribution < 1.29 is 4.74 Å². The lowest BCUT2D eigenvalue weighted by atomic mass is 10.5. The maximum atomic E-state index is 5.23. The molecule has 78 valence electrons. The van der Waals surface area contributed by atoms with Gasteiger partial charge < -0.3 is 4.74 Å². The Morgan fingerprint density at radius 2 is 2.23 bits per heavy atom. The number of methoxy groups -OCH3 is 1. The SMILES string of the molecule is COCCCN=C(NN)NN(C)C. The number of ether oxygens (including phenoxy) is 1. The molecule has 0 aromatic rings. The summed E-state index contributed by atoms with van der Waals surface area (Å²) in [5, 5.41) is 1.76. The van der Waals surface area contributed by atoms with Crippen molar-refractivity contribution in [1.29, 1.82) is 0 Å². The van der Waals surface area contributed by atoms with Gasteiger partial charge in [-0.15, -0.1) is 0 Å². The van der Waals surface area contributed by atoms with E-state index in [9.17, 15) is 0 Å². The highest BCUT2D eigenvalue weighted by Crippen LogP contribution is 1.81. The van der Waals surface area contributed by atoms with Gasteiger partial charge in [0.15, 0.2) is 0 Å². The number of hydrogen-bond acceptors (Lipinski definition) is 4. The molecule has 0 unspecified atom stereocenters. The van der Waals surface area contributed by atoms with Crippen LogP contribution in [0.2, 0.25) is 0 Å². The van der Waals surface area contributed by atoms with E-state index in [1.807, 2.05) is 14.1 Å². The fourth-order valence-corrected chi connectivity index (χ4v) is 0.725. The Morgan fingerprint density at radius 3 is 2.69 bits per heavy atom. The van der Waals surface area contributed by atoms with Gasteiger partial charge >= 0.3 is 0 Å². The van der Waals surface area contributed by atoms with Crippen LogP contribution in [0.15, 0.2) is 4.99 Å². The van der Waals surface area contributed by atoms with E-state index in [1.165, 1.54) is 0 Å². The standard InChI is InChI=1S/C7H19N5O/c1-12(2)11-7(10-8)9-5-4-6-13-3/h4-6,8H2,1-3H3,(H2,9,10,11). The maximum absolute atomic E-state index is 5.23. The van der Waals surface area contributed by atoms with Gasteiger partial charge in [-0.25, -0.2) is 10.9 Å². The summed E-state index contributed by atoms with van der Waals surface area (Å²) in [6.07, 6.45) is 0.886. The number of guanidine groups is 1. The summed E-state index contributed by atoms with van der Waals surface area (Å²) < 4.78 is 4.89. The zero-order valence-electron chi connectivity index (χ0n) is 8.50. The van der Waals surface area contributed by atoms with Gasteiger partial charge in [0.2, 0.25) is 5.96 Å². The normalized spacial score (nSPS) is 11.9. The smallest absolute Gasteiger partial charge is 0.220 e. The number of nitrogens with zero attached hydrogens (tertiary/aromatic N) is 2. The van der Waals surface area contributed by atoms with Gasteiger partial charge in [-0.1, -0.05) is 0 Å². The van der Waals surface area contributed by atoms with E-state index in [2.05, 4.69) is 15.8 Å². The van der Waals surface area contributed by atoms with Gasteiger partial charge in [-0.05, 0) is 6.42 Å². The van der Waals surface area contributed by atoms with Gasteiger partial charge in [0, 0.05) is 34.4 Å². The molecular weight excluding hydrogens is 170 g/mol. The molecule has 0 fully saturated rings. The van der Waals surface area contributed by atoms with Gasteiger partial charge in [0.05, 0.1) is 0 Å². The van der Waals surface area contributed by atoms with Crippen LogP contribution < -0.4 is 16.7 Å². The molecule has 0 spiro atoms. The first-order valence-corrected chi connectivity index (χ1v) is 4.14. The molecule has 0 heterocycles. The third-order valence-electron chi connectivity index (χ3n) is 1.24. The largest absolute Gasteiger partial charge is 0.385 e. The van der Waals surface area contributed by atoms with Crippen LogP contribution in [0.1, 0.15) is 6.42 Å². The average Bonchev–Trinajstić information content (AvgIpc) is 2.09. The Hall–Kier alpha value is -0.850. The summed E-state index contributed by atoms with van der Waals surface area (Å²) >= 11 is 0. The first-order valence-electron chi connectivity index (χ1n) is 4.14. The molecule has 0 aliphatic rings. The predicted molar refractivity (Wildman–Crippen MR) is 52.9 cm³/mol. The van der Waals surface area contributed by atoms with Gasteiger partial charge in [-0.2, -0.15) is 0 Å². The maximum Gasteiger partial charge on any atom is 0.220 e. The Bertz CT molecular complexity index is 148. The van der Waals surface area contributed by atoms with Crippen molar-refractivity contribution in [2.24, 2.45) is 10.8 Å². The van der Waals surface area contributed by atoms with Crippen molar-refractivity contribution in [2.45, 2.75) is 6.42 Å². The highest BCUT2D eigenvalue weighted by atomic mass is 16.5. The molecule has 0 rings (SSSR count). The number of hydrogen-bond donors (Lipinski definition) is 3. The summed E-state index contributed by atoms with van der Waals surface area (Å²) in [6, 6.07) is 0. The highest BCUT2D eigenvalue weighted by Gasteiger charge is 1.94. The van der Waals surface area contributed by atoms with Crippen LogP contribution in [0.25, 0.3) is 0 Å². The Labute approximate surface area is 79.1 Å². The lowest BCUT2D eigenvalue weighted by Gasteiger charge is -2.14. The van der Waals surface area contributed by atoms with Crippen LogP contribution in [0.4, 0.5) is 0 Å². The Kier molecular flexibility index (Phi) is 7.27. The number of nitrogens with two attached hydrogens (primary N) is 1. The molecule has 0 amide bonds. The molecule has 0 radical (unpaired) electrons. The molecule has 6 heteroatoms. The molecule has 13 heavy (non-hydrogen) atoms. The van der Waals surface area contributed by atoms with Crippen LogP contribution in [0, 0.1) is 0 Å². The van der Waals surface area contributed by atoms with E-state index in [1.54, 1.807) is 12.1 Å². The lowest BCUT2D eigenvalue weighted by Crippen LogP contribution is -2.47. The lowest BCUT2D eigenvalue weighted by molar-refractivity contribution is 0.197. The van der Waals surface area contributed by atoms with E-state index in [0.717, 1.165) is 6.42 Å². The molecule has 4 N–H and O–H groups in total. The van der Waals surface area contributed by atoms with Crippen LogP contribution in [-0.2, 0) is 4.74 Å². The first kappa shape index (κ1) is 12.2. The van der Waals surface area contributed by atoms with Crippen molar-refractivity contribution in [3.8, 4) is 0 Å². The van der Waals surface area contributed by atoms with E-state index >= 15 is 0 Å². The molecule has 0 saturated heterocycles. The molecular formula is C7H19N5O. The topological polar surface area (TPSA) is 74.9 Å². The number of aliphatic imine (C=N–C) groups is 1. The molecule has 0 atom stereocenters. The minimum absolute atomic E-state index is 0.557. The Balaban J connectivity index is 3.65. The molecule has 0 aromatic carbocycles. The summed E-state index contributed by atoms with van der Waals surface area (Å²) in [5.41, 5.74) is 5.38. The zero-order chi connectivity index (χ0) is 10.1. The minimum atomic E-state index is 0.557. The minimum Gasteiger partial charge on any atom is -0.385 e. The number of hydrazine groups is 2. The Morgan fingerprint density at radius 1 is 1.54 bits per heavy atom. The van der Waals surface area contributed by atoms with Gasteiger partial charge in [0.1, 0.15) is 0 Å². The van der Waals surface area contributed by atoms with Crippen LogP contribution >= 0.6 is 0 Å². The van der Waals surface area contributed by atoms with Crippen LogP contribution in [-0.4, -0.2) is 45.3 Å². The zero-order valence-corrected chi connectivity index (χ0v) is 8.50. The molecule has 0 saturated carbocycles. The monoisotopic (exact) mass is 189 g/mol. The predicted octanol–water partition coefficient (Wildman–Crippen LogP) is -1.09. The molecule has 0 bridgehead atoms. The van der Waals surface area contributed by atoms with Crippen LogP contribution in [0.5, 0.6) is 0 Å². The summed E-state index contributed by atoms with van der Waals surface area (Å²) in [7, 11) is 5.40. The van der Waals surface area contributed by atoms with Gasteiger partial charge in [0.25, 0.3) is 0 Å². The summed E-state index contributed by atoms with van der Waals surface area (Å²) in [6.45, 7) is 1.40. The summed E-state index contributed by atoms with van der Waals surface area (Å²) in [5.74, 6) is 5.79. The fourth-order valence-electron chi connectivity index (χ4n) is 0.725. The van der Waals surface area contributed by atoms with Gasteiger partial charge in [-0.3, -0.25) is 15.8 Å². The second kappa shape index (κ2) is 7.78.